The predicted molar refractivity (Wildman–Crippen MR) is 104 cm³/mol. The monoisotopic (exact) mass is 388 g/mol. The lowest BCUT2D eigenvalue weighted by molar-refractivity contribution is -0.138. The van der Waals surface area contributed by atoms with Crippen LogP contribution in [0.15, 0.2) is 4.42 Å². The molecule has 2 heterocycles. The summed E-state index contributed by atoms with van der Waals surface area (Å²) in [7, 11) is 0. The number of nitrogens with one attached hydrogen (secondary N) is 1. The highest BCUT2D eigenvalue weighted by molar-refractivity contribution is 5.81. The number of rotatable bonds is 5. The van der Waals surface area contributed by atoms with Gasteiger partial charge in [-0.3, -0.25) is 14.5 Å². The van der Waals surface area contributed by atoms with Crippen LogP contribution in [0.5, 0.6) is 0 Å². The van der Waals surface area contributed by atoms with Crippen molar-refractivity contribution in [3.63, 3.8) is 0 Å². The maximum Gasteiger partial charge on any atom is 0.225 e. The molecule has 1 aliphatic heterocycles. The number of carbonyl (C=O) groups excluding carboxylic acids is 2. The number of piperazine rings is 1. The van der Waals surface area contributed by atoms with Crippen molar-refractivity contribution >= 4 is 11.8 Å². The fourth-order valence-electron chi connectivity index (χ4n) is 4.33. The Kier molecular flexibility index (Phi) is 5.71. The second-order valence-electron chi connectivity index (χ2n) is 8.68. The van der Waals surface area contributed by atoms with Gasteiger partial charge in [-0.2, -0.15) is 0 Å². The minimum atomic E-state index is 0.123. The first kappa shape index (κ1) is 19.4. The smallest absolute Gasteiger partial charge is 0.225 e. The van der Waals surface area contributed by atoms with E-state index >= 15 is 0 Å². The molecule has 0 atom stereocenters. The first-order valence-electron chi connectivity index (χ1n) is 10.7. The number of carbonyl (C=O) groups is 2. The molecule has 0 bridgehead atoms. The molecular formula is C21H32N4O3. The molecule has 3 aliphatic rings. The summed E-state index contributed by atoms with van der Waals surface area (Å²) in [6.07, 6.45) is 5.73. The summed E-state index contributed by atoms with van der Waals surface area (Å²) in [5.74, 6) is 2.56. The molecule has 2 aliphatic carbocycles. The van der Waals surface area contributed by atoms with Gasteiger partial charge in [-0.15, -0.1) is 0 Å². The highest BCUT2D eigenvalue weighted by Gasteiger charge is 2.34. The average molecular weight is 389 g/mol. The van der Waals surface area contributed by atoms with Crippen LogP contribution in [0.1, 0.15) is 55.9 Å². The number of amides is 2. The maximum absolute atomic E-state index is 12.9. The van der Waals surface area contributed by atoms with E-state index in [1.54, 1.807) is 0 Å². The van der Waals surface area contributed by atoms with E-state index in [1.807, 2.05) is 18.7 Å². The molecule has 28 heavy (non-hydrogen) atoms. The molecule has 0 radical (unpaired) electrons. The predicted octanol–water partition coefficient (Wildman–Crippen LogP) is 2.02. The molecule has 7 heteroatoms. The van der Waals surface area contributed by atoms with Gasteiger partial charge in [0.15, 0.2) is 0 Å². The average Bonchev–Trinajstić information content (AvgIpc) is 3.49. The first-order chi connectivity index (χ1) is 13.5. The third kappa shape index (κ3) is 4.57. The third-order valence-electron chi connectivity index (χ3n) is 6.49. The van der Waals surface area contributed by atoms with Gasteiger partial charge >= 0.3 is 0 Å². The minimum Gasteiger partial charge on any atom is -0.444 e. The number of aryl methyl sites for hydroxylation is 2. The van der Waals surface area contributed by atoms with E-state index in [9.17, 15) is 9.59 Å². The normalized spacial score (nSPS) is 26.3. The van der Waals surface area contributed by atoms with E-state index in [0.29, 0.717) is 12.5 Å². The lowest BCUT2D eigenvalue weighted by atomic mass is 9.85. The van der Waals surface area contributed by atoms with Crippen molar-refractivity contribution in [2.75, 3.05) is 26.2 Å². The van der Waals surface area contributed by atoms with Crippen molar-refractivity contribution in [3.05, 3.63) is 17.3 Å². The lowest BCUT2D eigenvalue weighted by Gasteiger charge is -2.37. The van der Waals surface area contributed by atoms with Gasteiger partial charge < -0.3 is 14.6 Å². The van der Waals surface area contributed by atoms with Crippen molar-refractivity contribution < 1.29 is 14.0 Å². The van der Waals surface area contributed by atoms with Crippen LogP contribution in [0.3, 0.4) is 0 Å². The first-order valence-corrected chi connectivity index (χ1v) is 10.7. The number of aromatic nitrogens is 1. The van der Waals surface area contributed by atoms with Gasteiger partial charge in [-0.25, -0.2) is 4.98 Å². The Balaban J connectivity index is 1.19. The van der Waals surface area contributed by atoms with Crippen molar-refractivity contribution in [1.29, 1.82) is 0 Å². The zero-order chi connectivity index (χ0) is 19.7. The van der Waals surface area contributed by atoms with Gasteiger partial charge in [-0.1, -0.05) is 0 Å². The second-order valence-corrected chi connectivity index (χ2v) is 8.68. The molecule has 1 N–H and O–H groups in total. The third-order valence-corrected chi connectivity index (χ3v) is 6.49. The zero-order valence-corrected chi connectivity index (χ0v) is 17.1. The van der Waals surface area contributed by atoms with E-state index in [4.69, 9.17) is 4.42 Å². The number of hydrogen-bond acceptors (Lipinski definition) is 5. The molecule has 2 saturated carbocycles. The van der Waals surface area contributed by atoms with E-state index in [-0.39, 0.29) is 23.8 Å². The number of hydrogen-bond donors (Lipinski definition) is 1. The Morgan fingerprint density at radius 1 is 1.00 bits per heavy atom. The Bertz CT molecular complexity index is 692. The molecule has 1 aromatic rings. The minimum absolute atomic E-state index is 0.123. The Labute approximate surface area is 166 Å². The van der Waals surface area contributed by atoms with Crippen LogP contribution in [-0.4, -0.2) is 58.8 Å². The van der Waals surface area contributed by atoms with Gasteiger partial charge in [0, 0.05) is 44.1 Å². The van der Waals surface area contributed by atoms with Crippen LogP contribution < -0.4 is 5.32 Å². The van der Waals surface area contributed by atoms with Crippen LogP contribution in [0.4, 0.5) is 0 Å². The summed E-state index contributed by atoms with van der Waals surface area (Å²) < 4.78 is 5.68. The van der Waals surface area contributed by atoms with Gasteiger partial charge in [0.05, 0.1) is 12.2 Å². The van der Waals surface area contributed by atoms with E-state index in [0.717, 1.165) is 82.0 Å². The summed E-state index contributed by atoms with van der Waals surface area (Å²) in [6, 6.07) is 0.265. The number of nitrogens with zero attached hydrogens (tertiary/aromatic N) is 3. The summed E-state index contributed by atoms with van der Waals surface area (Å²) >= 11 is 0. The molecule has 1 saturated heterocycles. The van der Waals surface area contributed by atoms with Crippen molar-refractivity contribution in [2.24, 2.45) is 11.8 Å². The zero-order valence-electron chi connectivity index (χ0n) is 17.1. The van der Waals surface area contributed by atoms with Gasteiger partial charge in [0.2, 0.25) is 17.7 Å². The quantitative estimate of drug-likeness (QED) is 0.835. The fraction of sp³-hybridized carbons (Fsp3) is 0.762. The van der Waals surface area contributed by atoms with E-state index < -0.39 is 0 Å². The summed E-state index contributed by atoms with van der Waals surface area (Å²) in [5, 5.41) is 3.17. The molecule has 7 nitrogen and oxygen atoms in total. The van der Waals surface area contributed by atoms with Crippen LogP contribution >= 0.6 is 0 Å². The molecule has 3 fully saturated rings. The van der Waals surface area contributed by atoms with Crippen molar-refractivity contribution in [1.82, 2.24) is 20.1 Å². The van der Waals surface area contributed by atoms with Gasteiger partial charge in [-0.05, 0) is 52.4 Å². The molecule has 4 rings (SSSR count). The summed E-state index contributed by atoms with van der Waals surface area (Å²) in [5.41, 5.74) is 0.952. The SMILES string of the molecule is Cc1nc(CN2CCN(C(=O)C3CCC(NC(=O)C4CC4)CC3)CC2)oc1C. The van der Waals surface area contributed by atoms with Crippen LogP contribution in [0.2, 0.25) is 0 Å². The fourth-order valence-corrected chi connectivity index (χ4v) is 4.33. The molecular weight excluding hydrogens is 356 g/mol. The second kappa shape index (κ2) is 8.23. The standard InChI is InChI=1S/C21H32N4O3/c1-14-15(2)28-19(22-14)13-24-9-11-25(12-10-24)21(27)17-5-7-18(8-6-17)23-20(26)16-3-4-16/h16-18H,3-13H2,1-2H3,(H,23,26). The topological polar surface area (TPSA) is 78.7 Å². The maximum atomic E-state index is 12.9. The molecule has 0 aromatic carbocycles. The largest absolute Gasteiger partial charge is 0.444 e. The van der Waals surface area contributed by atoms with Crippen LogP contribution in [-0.2, 0) is 16.1 Å². The molecule has 1 aromatic heterocycles. The lowest BCUT2D eigenvalue weighted by Crippen LogP contribution is -2.51. The highest BCUT2D eigenvalue weighted by atomic mass is 16.4. The molecule has 2 amide bonds. The van der Waals surface area contributed by atoms with Gasteiger partial charge in [0.1, 0.15) is 5.76 Å². The summed E-state index contributed by atoms with van der Waals surface area (Å²) in [4.78, 5) is 33.6. The molecule has 154 valence electrons. The Hall–Kier alpha value is -1.89. The Morgan fingerprint density at radius 2 is 1.64 bits per heavy atom. The van der Waals surface area contributed by atoms with E-state index in [1.165, 1.54) is 0 Å². The van der Waals surface area contributed by atoms with Crippen LogP contribution in [0.25, 0.3) is 0 Å². The highest BCUT2D eigenvalue weighted by Crippen LogP contribution is 2.31. The van der Waals surface area contributed by atoms with Crippen LogP contribution in [0, 0.1) is 25.7 Å². The Morgan fingerprint density at radius 3 is 2.21 bits per heavy atom. The van der Waals surface area contributed by atoms with Crippen molar-refractivity contribution in [2.45, 2.75) is 65.0 Å². The number of oxazole rings is 1. The summed E-state index contributed by atoms with van der Waals surface area (Å²) in [6.45, 7) is 7.88. The van der Waals surface area contributed by atoms with E-state index in [2.05, 4.69) is 15.2 Å². The molecule has 0 unspecified atom stereocenters. The molecule has 0 spiro atoms. The van der Waals surface area contributed by atoms with Crippen molar-refractivity contribution in [3.8, 4) is 0 Å². The van der Waals surface area contributed by atoms with Gasteiger partial charge in [0.25, 0.3) is 0 Å².